The van der Waals surface area contributed by atoms with Crippen molar-refractivity contribution in [2.24, 2.45) is 0 Å². The lowest BCUT2D eigenvalue weighted by atomic mass is 10.2. The molecule has 25 heavy (non-hydrogen) atoms. The molecule has 0 aromatic heterocycles. The molecule has 0 heterocycles. The largest absolute Gasteiger partial charge is 0.493 e. The molecule has 5 nitrogen and oxygen atoms in total. The number of carbonyl (C=O) groups is 1. The Morgan fingerprint density at radius 2 is 1.80 bits per heavy atom. The molecule has 1 N–H and O–H groups in total. The normalized spacial score (nSPS) is 11.6. The predicted molar refractivity (Wildman–Crippen MR) is 101 cm³/mol. The van der Waals surface area contributed by atoms with Crippen LogP contribution in [0.3, 0.4) is 0 Å². The molecule has 1 atom stereocenters. The zero-order chi connectivity index (χ0) is 18.4. The molecule has 2 aromatic carbocycles. The molecule has 0 aliphatic rings. The lowest BCUT2D eigenvalue weighted by Crippen LogP contribution is -2.35. The van der Waals surface area contributed by atoms with Gasteiger partial charge in [0, 0.05) is 11.6 Å². The topological polar surface area (TPSA) is 56.8 Å². The Hall–Kier alpha value is -1.92. The number of hydrogen-bond donors (Lipinski definition) is 1. The number of nitrogens with one attached hydrogen (secondary N) is 1. The second kappa shape index (κ2) is 8.97. The van der Waals surface area contributed by atoms with Crippen molar-refractivity contribution in [3.8, 4) is 17.2 Å². The van der Waals surface area contributed by atoms with E-state index in [1.54, 1.807) is 45.4 Å². The first-order valence-electron chi connectivity index (χ1n) is 7.55. The van der Waals surface area contributed by atoms with Crippen LogP contribution in [0.4, 0.5) is 0 Å². The third-order valence-corrected chi connectivity index (χ3v) is 4.34. The summed E-state index contributed by atoms with van der Waals surface area (Å²) in [5.41, 5.74) is 0.894. The lowest BCUT2D eigenvalue weighted by molar-refractivity contribution is -0.127. The predicted octanol–water partition coefficient (Wildman–Crippen LogP) is 4.20. The molecule has 0 spiro atoms. The van der Waals surface area contributed by atoms with Crippen molar-refractivity contribution in [1.82, 2.24) is 5.32 Å². The van der Waals surface area contributed by atoms with Gasteiger partial charge >= 0.3 is 0 Å². The summed E-state index contributed by atoms with van der Waals surface area (Å²) in [6, 6.07) is 10.6. The van der Waals surface area contributed by atoms with Gasteiger partial charge in [-0.25, -0.2) is 0 Å². The Morgan fingerprint density at radius 1 is 1.12 bits per heavy atom. The zero-order valence-electron chi connectivity index (χ0n) is 14.1. The number of ether oxygens (including phenoxy) is 3. The minimum absolute atomic E-state index is 0.225. The van der Waals surface area contributed by atoms with E-state index >= 15 is 0 Å². The van der Waals surface area contributed by atoms with Crippen LogP contribution in [0.2, 0.25) is 5.02 Å². The number of amides is 1. The molecule has 1 unspecified atom stereocenters. The Labute approximate surface area is 160 Å². The third-order valence-electron chi connectivity index (χ3n) is 3.48. The van der Waals surface area contributed by atoms with Crippen molar-refractivity contribution in [3.63, 3.8) is 0 Å². The molecule has 2 aromatic rings. The Kier molecular flexibility index (Phi) is 6.96. The van der Waals surface area contributed by atoms with Crippen molar-refractivity contribution in [2.75, 3.05) is 14.2 Å². The fourth-order valence-electron chi connectivity index (χ4n) is 2.14. The fraction of sp³-hybridized carbons (Fsp3) is 0.278. The number of rotatable bonds is 7. The van der Waals surface area contributed by atoms with Crippen LogP contribution < -0.4 is 19.5 Å². The summed E-state index contributed by atoms with van der Waals surface area (Å²) in [6.07, 6.45) is -0.655. The van der Waals surface area contributed by atoms with Crippen molar-refractivity contribution in [1.29, 1.82) is 0 Å². The summed E-state index contributed by atoms with van der Waals surface area (Å²) >= 11 is 9.26. The average molecular weight is 429 g/mol. The van der Waals surface area contributed by atoms with Crippen molar-refractivity contribution in [2.45, 2.75) is 19.6 Å². The van der Waals surface area contributed by atoms with E-state index < -0.39 is 6.10 Å². The maximum Gasteiger partial charge on any atom is 0.261 e. The second-order valence-corrected chi connectivity index (χ2v) is 6.53. The van der Waals surface area contributed by atoms with Crippen LogP contribution in [0.15, 0.2) is 40.9 Å². The summed E-state index contributed by atoms with van der Waals surface area (Å²) in [7, 11) is 3.15. The van der Waals surface area contributed by atoms with E-state index in [1.807, 2.05) is 12.1 Å². The molecule has 0 bridgehead atoms. The molecule has 0 radical (unpaired) electrons. The highest BCUT2D eigenvalue weighted by Crippen LogP contribution is 2.29. The Balaban J connectivity index is 1.95. The van der Waals surface area contributed by atoms with Crippen LogP contribution in [0.25, 0.3) is 0 Å². The minimum atomic E-state index is -0.655. The second-order valence-electron chi connectivity index (χ2n) is 5.24. The van der Waals surface area contributed by atoms with Crippen molar-refractivity contribution < 1.29 is 19.0 Å². The van der Waals surface area contributed by atoms with Crippen molar-refractivity contribution >= 4 is 33.4 Å². The van der Waals surface area contributed by atoms with Gasteiger partial charge in [0.1, 0.15) is 5.75 Å². The first kappa shape index (κ1) is 19.4. The van der Waals surface area contributed by atoms with Gasteiger partial charge in [0.25, 0.3) is 5.91 Å². The molecule has 2 rings (SSSR count). The first-order chi connectivity index (χ1) is 11.9. The highest BCUT2D eigenvalue weighted by Gasteiger charge is 2.16. The standard InChI is InChI=1S/C18H19BrClNO4/c1-11(25-15-7-5-13(20)9-14(15)19)18(22)21-10-12-4-6-16(23-2)17(8-12)24-3/h4-9,11H,10H2,1-3H3,(H,21,22). The summed E-state index contributed by atoms with van der Waals surface area (Å²) in [5.74, 6) is 1.58. The van der Waals surface area contributed by atoms with E-state index in [4.69, 9.17) is 25.8 Å². The van der Waals surface area contributed by atoms with Gasteiger partial charge < -0.3 is 19.5 Å². The van der Waals surface area contributed by atoms with E-state index in [0.717, 1.165) is 5.56 Å². The maximum atomic E-state index is 12.2. The minimum Gasteiger partial charge on any atom is -0.493 e. The van der Waals surface area contributed by atoms with Gasteiger partial charge in [-0.15, -0.1) is 0 Å². The van der Waals surface area contributed by atoms with Crippen LogP contribution in [0.1, 0.15) is 12.5 Å². The summed E-state index contributed by atoms with van der Waals surface area (Å²) in [6.45, 7) is 2.04. The van der Waals surface area contributed by atoms with E-state index in [9.17, 15) is 4.79 Å². The van der Waals surface area contributed by atoms with Gasteiger partial charge in [0.2, 0.25) is 0 Å². The quantitative estimate of drug-likeness (QED) is 0.718. The molecular formula is C18H19BrClNO4. The molecule has 1 amide bonds. The SMILES string of the molecule is COc1ccc(CNC(=O)C(C)Oc2ccc(Cl)cc2Br)cc1OC. The number of hydrogen-bond acceptors (Lipinski definition) is 4. The number of benzene rings is 2. The molecule has 0 aliphatic carbocycles. The van der Waals surface area contributed by atoms with Gasteiger partial charge in [-0.3, -0.25) is 4.79 Å². The molecule has 0 aliphatic heterocycles. The summed E-state index contributed by atoms with van der Waals surface area (Å²) < 4.78 is 16.8. The molecule has 7 heteroatoms. The molecule has 0 fully saturated rings. The van der Waals surface area contributed by atoms with Crippen LogP contribution in [-0.2, 0) is 11.3 Å². The van der Waals surface area contributed by atoms with Gasteiger partial charge in [-0.1, -0.05) is 17.7 Å². The highest BCUT2D eigenvalue weighted by molar-refractivity contribution is 9.10. The monoisotopic (exact) mass is 427 g/mol. The summed E-state index contributed by atoms with van der Waals surface area (Å²) in [4.78, 5) is 12.2. The van der Waals surface area contributed by atoms with Crippen LogP contribution in [0.5, 0.6) is 17.2 Å². The van der Waals surface area contributed by atoms with Crippen molar-refractivity contribution in [3.05, 3.63) is 51.5 Å². The number of carbonyl (C=O) groups excluding carboxylic acids is 1. The van der Waals surface area contributed by atoms with Gasteiger partial charge in [0.15, 0.2) is 17.6 Å². The van der Waals surface area contributed by atoms with Crippen LogP contribution >= 0.6 is 27.5 Å². The fourth-order valence-corrected chi connectivity index (χ4v) is 2.91. The van der Waals surface area contributed by atoms with Crippen LogP contribution in [0, 0.1) is 0 Å². The smallest absolute Gasteiger partial charge is 0.261 e. The van der Waals surface area contributed by atoms with Gasteiger partial charge in [-0.05, 0) is 58.7 Å². The zero-order valence-corrected chi connectivity index (χ0v) is 16.5. The molecule has 0 saturated heterocycles. The molecular weight excluding hydrogens is 410 g/mol. The van der Waals surface area contributed by atoms with Gasteiger partial charge in [-0.2, -0.15) is 0 Å². The van der Waals surface area contributed by atoms with E-state index in [1.165, 1.54) is 0 Å². The van der Waals surface area contributed by atoms with E-state index in [0.29, 0.717) is 33.3 Å². The Morgan fingerprint density at radius 3 is 2.44 bits per heavy atom. The first-order valence-corrected chi connectivity index (χ1v) is 8.72. The third kappa shape index (κ3) is 5.28. The number of methoxy groups -OCH3 is 2. The number of halogens is 2. The molecule has 134 valence electrons. The average Bonchev–Trinajstić information content (AvgIpc) is 2.61. The summed E-state index contributed by atoms with van der Waals surface area (Å²) in [5, 5.41) is 3.42. The molecule has 0 saturated carbocycles. The lowest BCUT2D eigenvalue weighted by Gasteiger charge is -2.16. The maximum absolute atomic E-state index is 12.2. The van der Waals surface area contributed by atoms with E-state index in [2.05, 4.69) is 21.2 Å². The Bertz CT molecular complexity index is 754. The highest BCUT2D eigenvalue weighted by atomic mass is 79.9. The van der Waals surface area contributed by atoms with Crippen LogP contribution in [-0.4, -0.2) is 26.2 Å². The van der Waals surface area contributed by atoms with E-state index in [-0.39, 0.29) is 5.91 Å². The van der Waals surface area contributed by atoms with Gasteiger partial charge in [0.05, 0.1) is 18.7 Å².